The highest BCUT2D eigenvalue weighted by Gasteiger charge is 2.32. The topological polar surface area (TPSA) is 46.1 Å². The number of thiazole rings is 1. The Bertz CT molecular complexity index is 1250. The normalized spacial score (nSPS) is 11.6. The number of carbonyl (C=O) groups is 1. The number of alkyl halides is 3. The van der Waals surface area contributed by atoms with E-state index in [-0.39, 0.29) is 12.1 Å². The predicted molar refractivity (Wildman–Crippen MR) is 115 cm³/mol. The molecule has 0 saturated heterocycles. The van der Waals surface area contributed by atoms with Crippen LogP contribution in [0.1, 0.15) is 32.7 Å². The van der Waals surface area contributed by atoms with Crippen molar-refractivity contribution in [1.29, 1.82) is 0 Å². The van der Waals surface area contributed by atoms with Crippen LogP contribution in [0.15, 0.2) is 60.8 Å². The van der Waals surface area contributed by atoms with Gasteiger partial charge in [-0.25, -0.2) is 4.98 Å². The van der Waals surface area contributed by atoms with Crippen molar-refractivity contribution in [1.82, 2.24) is 9.97 Å². The van der Waals surface area contributed by atoms with Crippen molar-refractivity contribution in [2.75, 3.05) is 4.90 Å². The molecule has 2 heterocycles. The molecule has 1 amide bonds. The van der Waals surface area contributed by atoms with Crippen LogP contribution in [-0.4, -0.2) is 15.9 Å². The first-order valence-corrected chi connectivity index (χ1v) is 10.3. The fourth-order valence-electron chi connectivity index (χ4n) is 3.34. The molecule has 0 aliphatic heterocycles. The van der Waals surface area contributed by atoms with Crippen LogP contribution in [0.2, 0.25) is 0 Å². The molecule has 0 aliphatic carbocycles. The first kappa shape index (κ1) is 21.0. The molecule has 4 nitrogen and oxygen atoms in total. The van der Waals surface area contributed by atoms with Gasteiger partial charge in [0.1, 0.15) is 0 Å². The Morgan fingerprint density at radius 2 is 1.87 bits per heavy atom. The standard InChI is InChI=1S/C23H18F3N3OS/c1-14-10-15(2)20-19(11-14)28-22(31-20)29(13-18-8-3-4-9-27-18)21(30)16-6-5-7-17(12-16)23(24,25)26/h3-12H,13H2,1-2H3. The highest BCUT2D eigenvalue weighted by Crippen LogP contribution is 2.34. The third-order valence-electron chi connectivity index (χ3n) is 4.77. The minimum Gasteiger partial charge on any atom is -0.278 e. The van der Waals surface area contributed by atoms with E-state index in [1.54, 1.807) is 24.4 Å². The van der Waals surface area contributed by atoms with Crippen LogP contribution in [0.5, 0.6) is 0 Å². The minimum atomic E-state index is -4.54. The Labute approximate surface area is 181 Å². The van der Waals surface area contributed by atoms with E-state index in [2.05, 4.69) is 9.97 Å². The van der Waals surface area contributed by atoms with Gasteiger partial charge in [-0.05, 0) is 61.4 Å². The Morgan fingerprint density at radius 3 is 2.58 bits per heavy atom. The summed E-state index contributed by atoms with van der Waals surface area (Å²) in [5.41, 5.74) is 2.51. The number of benzene rings is 2. The number of amides is 1. The Kier molecular flexibility index (Phi) is 5.49. The SMILES string of the molecule is Cc1cc(C)c2sc(N(Cc3ccccn3)C(=O)c3cccc(C(F)(F)F)c3)nc2c1. The van der Waals surface area contributed by atoms with Crippen LogP contribution in [0.4, 0.5) is 18.3 Å². The van der Waals surface area contributed by atoms with E-state index in [1.165, 1.54) is 28.4 Å². The monoisotopic (exact) mass is 441 g/mol. The number of hydrogen-bond acceptors (Lipinski definition) is 4. The van der Waals surface area contributed by atoms with Gasteiger partial charge >= 0.3 is 6.18 Å². The number of halogens is 3. The molecule has 4 rings (SSSR count). The molecule has 0 aliphatic rings. The van der Waals surface area contributed by atoms with Gasteiger partial charge in [-0.15, -0.1) is 0 Å². The lowest BCUT2D eigenvalue weighted by molar-refractivity contribution is -0.137. The summed E-state index contributed by atoms with van der Waals surface area (Å²) in [6, 6.07) is 13.7. The zero-order valence-corrected chi connectivity index (χ0v) is 17.6. The average molecular weight is 441 g/mol. The summed E-state index contributed by atoms with van der Waals surface area (Å²) < 4.78 is 40.5. The molecule has 8 heteroatoms. The highest BCUT2D eigenvalue weighted by molar-refractivity contribution is 7.22. The van der Waals surface area contributed by atoms with Crippen LogP contribution in [0.3, 0.4) is 0 Å². The molecule has 0 atom stereocenters. The largest absolute Gasteiger partial charge is 0.416 e. The molecular weight excluding hydrogens is 423 g/mol. The number of anilines is 1. The summed E-state index contributed by atoms with van der Waals surface area (Å²) in [4.78, 5) is 23.6. The number of pyridine rings is 1. The lowest BCUT2D eigenvalue weighted by atomic mass is 10.1. The molecule has 158 valence electrons. The first-order valence-electron chi connectivity index (χ1n) is 9.49. The first-order chi connectivity index (χ1) is 14.7. The Morgan fingerprint density at radius 1 is 1.06 bits per heavy atom. The van der Waals surface area contributed by atoms with E-state index in [0.717, 1.165) is 33.5 Å². The second kappa shape index (κ2) is 8.11. The molecule has 0 fully saturated rings. The number of fused-ring (bicyclic) bond motifs is 1. The van der Waals surface area contributed by atoms with Gasteiger partial charge in [0, 0.05) is 11.8 Å². The summed E-state index contributed by atoms with van der Waals surface area (Å²) in [5.74, 6) is -0.565. The van der Waals surface area contributed by atoms with E-state index in [1.807, 2.05) is 26.0 Å². The van der Waals surface area contributed by atoms with Crippen LogP contribution in [0, 0.1) is 13.8 Å². The van der Waals surface area contributed by atoms with Crippen molar-refractivity contribution in [3.63, 3.8) is 0 Å². The van der Waals surface area contributed by atoms with Gasteiger partial charge in [0.2, 0.25) is 0 Å². The maximum atomic E-state index is 13.4. The van der Waals surface area contributed by atoms with Gasteiger partial charge in [0.25, 0.3) is 5.91 Å². The molecule has 0 radical (unpaired) electrons. The summed E-state index contributed by atoms with van der Waals surface area (Å²) in [6.07, 6.45) is -2.93. The average Bonchev–Trinajstić information content (AvgIpc) is 3.16. The molecule has 0 saturated carbocycles. The molecule has 0 N–H and O–H groups in total. The van der Waals surface area contributed by atoms with E-state index in [0.29, 0.717) is 10.8 Å². The van der Waals surface area contributed by atoms with Gasteiger partial charge in [0.15, 0.2) is 5.13 Å². The molecule has 31 heavy (non-hydrogen) atoms. The van der Waals surface area contributed by atoms with Crippen LogP contribution >= 0.6 is 11.3 Å². The quantitative estimate of drug-likeness (QED) is 0.380. The maximum absolute atomic E-state index is 13.4. The molecule has 0 spiro atoms. The molecular formula is C23H18F3N3OS. The van der Waals surface area contributed by atoms with Gasteiger partial charge in [-0.2, -0.15) is 13.2 Å². The number of aryl methyl sites for hydroxylation is 2. The molecule has 2 aromatic heterocycles. The second-order valence-electron chi connectivity index (χ2n) is 7.22. The summed E-state index contributed by atoms with van der Waals surface area (Å²) in [7, 11) is 0. The van der Waals surface area contributed by atoms with E-state index in [9.17, 15) is 18.0 Å². The smallest absolute Gasteiger partial charge is 0.278 e. The van der Waals surface area contributed by atoms with Crippen molar-refractivity contribution in [2.24, 2.45) is 0 Å². The number of hydrogen-bond donors (Lipinski definition) is 0. The molecule has 0 bridgehead atoms. The van der Waals surface area contributed by atoms with E-state index >= 15 is 0 Å². The van der Waals surface area contributed by atoms with Gasteiger partial charge in [0.05, 0.1) is 28.0 Å². The van der Waals surface area contributed by atoms with Crippen molar-refractivity contribution >= 4 is 32.6 Å². The van der Waals surface area contributed by atoms with Crippen molar-refractivity contribution in [3.8, 4) is 0 Å². The summed E-state index contributed by atoms with van der Waals surface area (Å²) >= 11 is 1.34. The molecule has 4 aromatic rings. The minimum absolute atomic E-state index is 0.0575. The Hall–Kier alpha value is -3.26. The second-order valence-corrected chi connectivity index (χ2v) is 8.19. The lowest BCUT2D eigenvalue weighted by Crippen LogP contribution is -2.31. The zero-order chi connectivity index (χ0) is 22.2. The van der Waals surface area contributed by atoms with Crippen molar-refractivity contribution in [3.05, 3.63) is 88.7 Å². The van der Waals surface area contributed by atoms with Gasteiger partial charge in [-0.1, -0.05) is 29.5 Å². The van der Waals surface area contributed by atoms with Gasteiger partial charge in [-0.3, -0.25) is 14.7 Å². The number of aromatic nitrogens is 2. The van der Waals surface area contributed by atoms with Gasteiger partial charge < -0.3 is 0 Å². The fraction of sp³-hybridized carbons (Fsp3) is 0.174. The third kappa shape index (κ3) is 4.44. The van der Waals surface area contributed by atoms with Crippen molar-refractivity contribution < 1.29 is 18.0 Å². The third-order valence-corrected chi connectivity index (χ3v) is 6.00. The van der Waals surface area contributed by atoms with Crippen LogP contribution < -0.4 is 4.90 Å². The summed E-state index contributed by atoms with van der Waals surface area (Å²) in [6.45, 7) is 4.02. The lowest BCUT2D eigenvalue weighted by Gasteiger charge is -2.20. The number of rotatable bonds is 4. The van der Waals surface area contributed by atoms with Crippen molar-refractivity contribution in [2.45, 2.75) is 26.6 Å². The van der Waals surface area contributed by atoms with E-state index in [4.69, 9.17) is 0 Å². The van der Waals surface area contributed by atoms with E-state index < -0.39 is 17.6 Å². The van der Waals surface area contributed by atoms with Crippen LogP contribution in [0.25, 0.3) is 10.2 Å². The Balaban J connectivity index is 1.80. The van der Waals surface area contributed by atoms with Crippen LogP contribution in [-0.2, 0) is 12.7 Å². The zero-order valence-electron chi connectivity index (χ0n) is 16.8. The summed E-state index contributed by atoms with van der Waals surface area (Å²) in [5, 5.41) is 0.414. The highest BCUT2D eigenvalue weighted by atomic mass is 32.1. The fourth-order valence-corrected chi connectivity index (χ4v) is 4.36. The maximum Gasteiger partial charge on any atom is 0.416 e. The molecule has 0 unspecified atom stereocenters. The predicted octanol–water partition coefficient (Wildman–Crippen LogP) is 6.17. The number of nitrogens with zero attached hydrogens (tertiary/aromatic N) is 3. The molecule has 2 aromatic carbocycles. The number of carbonyl (C=O) groups excluding carboxylic acids is 1.